The van der Waals surface area contributed by atoms with Crippen molar-refractivity contribution in [3.05, 3.63) is 89.1 Å². The Morgan fingerprint density at radius 2 is 1.54 bits per heavy atom. The fraction of sp³-hybridized carbons (Fsp3) is 0.405. The predicted molar refractivity (Wildman–Crippen MR) is 180 cm³/mol. The quantitative estimate of drug-likeness (QED) is 0.122. The third kappa shape index (κ3) is 8.22. The van der Waals surface area contributed by atoms with E-state index in [1.807, 2.05) is 81.6 Å². The van der Waals surface area contributed by atoms with Gasteiger partial charge in [-0.25, -0.2) is 4.79 Å². The van der Waals surface area contributed by atoms with Crippen LogP contribution in [0.25, 0.3) is 10.9 Å². The average molecular weight is 644 g/mol. The lowest BCUT2D eigenvalue weighted by Crippen LogP contribution is -2.50. The number of benzene rings is 3. The number of rotatable bonds is 11. The first-order valence-electron chi connectivity index (χ1n) is 16.2. The molecular formula is C37H42ClN3O5. The highest BCUT2D eigenvalue weighted by molar-refractivity contribution is 6.30. The van der Waals surface area contributed by atoms with Crippen LogP contribution in [0.3, 0.4) is 0 Å². The van der Waals surface area contributed by atoms with E-state index in [0.717, 1.165) is 49.3 Å². The number of hydrogen-bond acceptors (Lipinski definition) is 6. The summed E-state index contributed by atoms with van der Waals surface area (Å²) in [5.41, 5.74) is 1.83. The second-order valence-corrected chi connectivity index (χ2v) is 13.7. The maximum Gasteiger partial charge on any atom is 0.410 e. The first kappa shape index (κ1) is 32.0. The molecule has 2 heterocycles. The van der Waals surface area contributed by atoms with Crippen LogP contribution in [0.1, 0.15) is 56.0 Å². The number of ketones is 1. The van der Waals surface area contributed by atoms with E-state index in [1.54, 1.807) is 17.0 Å². The van der Waals surface area contributed by atoms with Crippen LogP contribution in [-0.4, -0.2) is 71.2 Å². The standard InChI is InChI=1S/C37H42ClN3O5/c1-37(2,3)46-36(43)40-20-18-39(19-21-40)17-4-22-44-29-11-7-27(8-12-29)35(42)33-25-41(24-26-5-6-26)34-16-15-31(23-32(33)34)45-30-13-9-28(38)10-14-30/h7-16,23,25-26H,4-6,17-22,24H2,1-3H3. The number of hydrogen-bond donors (Lipinski definition) is 0. The molecule has 1 aliphatic heterocycles. The zero-order valence-electron chi connectivity index (χ0n) is 26.8. The van der Waals surface area contributed by atoms with Crippen molar-refractivity contribution in [1.29, 1.82) is 0 Å². The number of amides is 1. The van der Waals surface area contributed by atoms with Crippen molar-refractivity contribution in [3.63, 3.8) is 0 Å². The van der Waals surface area contributed by atoms with E-state index in [9.17, 15) is 9.59 Å². The van der Waals surface area contributed by atoms with Crippen LogP contribution >= 0.6 is 11.6 Å². The molecule has 1 aliphatic carbocycles. The molecule has 0 radical (unpaired) electrons. The summed E-state index contributed by atoms with van der Waals surface area (Å²) in [7, 11) is 0. The average Bonchev–Trinajstić information content (AvgIpc) is 3.79. The molecule has 46 heavy (non-hydrogen) atoms. The number of fused-ring (bicyclic) bond motifs is 1. The minimum Gasteiger partial charge on any atom is -0.494 e. The smallest absolute Gasteiger partial charge is 0.410 e. The molecule has 0 atom stereocenters. The second-order valence-electron chi connectivity index (χ2n) is 13.2. The Morgan fingerprint density at radius 3 is 2.22 bits per heavy atom. The molecule has 2 aliphatic rings. The largest absolute Gasteiger partial charge is 0.494 e. The van der Waals surface area contributed by atoms with Gasteiger partial charge in [0.1, 0.15) is 22.8 Å². The molecule has 1 saturated carbocycles. The number of ether oxygens (including phenoxy) is 3. The van der Waals surface area contributed by atoms with Gasteiger partial charge in [0.2, 0.25) is 0 Å². The Morgan fingerprint density at radius 1 is 0.870 bits per heavy atom. The number of carbonyl (C=O) groups is 2. The van der Waals surface area contributed by atoms with E-state index in [1.165, 1.54) is 12.8 Å². The molecule has 0 N–H and O–H groups in total. The minimum absolute atomic E-state index is 0.0275. The van der Waals surface area contributed by atoms with Crippen LogP contribution < -0.4 is 9.47 Å². The molecular weight excluding hydrogens is 602 g/mol. The van der Waals surface area contributed by atoms with Gasteiger partial charge in [-0.2, -0.15) is 0 Å². The molecule has 1 saturated heterocycles. The summed E-state index contributed by atoms with van der Waals surface area (Å²) in [6.07, 6.45) is 5.08. The van der Waals surface area contributed by atoms with Gasteiger partial charge in [0.05, 0.1) is 6.61 Å². The van der Waals surface area contributed by atoms with Gasteiger partial charge < -0.3 is 23.7 Å². The molecule has 6 rings (SSSR count). The molecule has 0 unspecified atom stereocenters. The number of carbonyl (C=O) groups excluding carboxylic acids is 2. The van der Waals surface area contributed by atoms with Gasteiger partial charge in [-0.3, -0.25) is 9.69 Å². The molecule has 0 spiro atoms. The van der Waals surface area contributed by atoms with Gasteiger partial charge in [-0.05, 0) is 113 Å². The lowest BCUT2D eigenvalue weighted by molar-refractivity contribution is 0.0142. The van der Waals surface area contributed by atoms with E-state index in [4.69, 9.17) is 25.8 Å². The number of aromatic nitrogens is 1. The van der Waals surface area contributed by atoms with Gasteiger partial charge >= 0.3 is 6.09 Å². The highest BCUT2D eigenvalue weighted by Gasteiger charge is 2.26. The highest BCUT2D eigenvalue weighted by atomic mass is 35.5. The molecule has 2 fully saturated rings. The van der Waals surface area contributed by atoms with E-state index >= 15 is 0 Å². The third-order valence-corrected chi connectivity index (χ3v) is 8.58. The van der Waals surface area contributed by atoms with E-state index in [2.05, 4.69) is 9.47 Å². The van der Waals surface area contributed by atoms with Gasteiger partial charge in [-0.1, -0.05) is 11.6 Å². The van der Waals surface area contributed by atoms with E-state index in [0.29, 0.717) is 53.3 Å². The maximum atomic E-state index is 13.8. The van der Waals surface area contributed by atoms with Crippen LogP contribution in [0, 0.1) is 5.92 Å². The van der Waals surface area contributed by atoms with Crippen LogP contribution in [0.2, 0.25) is 5.02 Å². The molecule has 242 valence electrons. The molecule has 8 nitrogen and oxygen atoms in total. The normalized spacial score (nSPS) is 15.6. The monoisotopic (exact) mass is 643 g/mol. The van der Waals surface area contributed by atoms with Crippen LogP contribution in [0.15, 0.2) is 72.9 Å². The zero-order valence-corrected chi connectivity index (χ0v) is 27.6. The number of halogens is 1. The number of piperazine rings is 1. The van der Waals surface area contributed by atoms with Gasteiger partial charge in [-0.15, -0.1) is 0 Å². The van der Waals surface area contributed by atoms with Crippen molar-refractivity contribution in [1.82, 2.24) is 14.4 Å². The molecule has 0 bridgehead atoms. The van der Waals surface area contributed by atoms with Crippen molar-refractivity contribution >= 4 is 34.4 Å². The first-order chi connectivity index (χ1) is 22.1. The van der Waals surface area contributed by atoms with Crippen LogP contribution in [0.4, 0.5) is 4.79 Å². The molecule has 3 aromatic carbocycles. The fourth-order valence-electron chi connectivity index (χ4n) is 5.71. The van der Waals surface area contributed by atoms with Crippen molar-refractivity contribution in [2.75, 3.05) is 39.3 Å². The topological polar surface area (TPSA) is 73.2 Å². The first-order valence-corrected chi connectivity index (χ1v) is 16.5. The molecule has 4 aromatic rings. The molecule has 1 aromatic heterocycles. The second kappa shape index (κ2) is 13.8. The van der Waals surface area contributed by atoms with E-state index < -0.39 is 5.60 Å². The molecule has 1 amide bonds. The lowest BCUT2D eigenvalue weighted by atomic mass is 10.0. The third-order valence-electron chi connectivity index (χ3n) is 8.33. The van der Waals surface area contributed by atoms with Crippen molar-refractivity contribution in [2.24, 2.45) is 5.92 Å². The Labute approximate surface area is 275 Å². The Bertz CT molecular complexity index is 1660. The highest BCUT2D eigenvalue weighted by Crippen LogP contribution is 2.35. The Hall–Kier alpha value is -4.01. The van der Waals surface area contributed by atoms with Gasteiger partial charge in [0.15, 0.2) is 5.78 Å². The SMILES string of the molecule is CC(C)(C)OC(=O)N1CCN(CCCOc2ccc(C(=O)c3cn(CC4CC4)c4ccc(Oc5ccc(Cl)cc5)cc34)cc2)CC1. The minimum atomic E-state index is -0.481. The van der Waals surface area contributed by atoms with Crippen molar-refractivity contribution < 1.29 is 23.8 Å². The molecule has 9 heteroatoms. The summed E-state index contributed by atoms with van der Waals surface area (Å²) in [6.45, 7) is 11.0. The van der Waals surface area contributed by atoms with E-state index in [-0.39, 0.29) is 11.9 Å². The Kier molecular flexibility index (Phi) is 9.57. The van der Waals surface area contributed by atoms with Gasteiger partial charge in [0, 0.05) is 72.5 Å². The Balaban J connectivity index is 1.05. The predicted octanol–water partition coefficient (Wildman–Crippen LogP) is 8.05. The lowest BCUT2D eigenvalue weighted by Gasteiger charge is -2.35. The summed E-state index contributed by atoms with van der Waals surface area (Å²) in [4.78, 5) is 30.2. The summed E-state index contributed by atoms with van der Waals surface area (Å²) in [6, 6.07) is 20.6. The zero-order chi connectivity index (χ0) is 32.3. The fourth-order valence-corrected chi connectivity index (χ4v) is 5.83. The number of nitrogens with zero attached hydrogens (tertiary/aromatic N) is 3. The van der Waals surface area contributed by atoms with Crippen LogP contribution in [0.5, 0.6) is 17.2 Å². The summed E-state index contributed by atoms with van der Waals surface area (Å²) < 4.78 is 19.8. The van der Waals surface area contributed by atoms with Gasteiger partial charge in [0.25, 0.3) is 0 Å². The summed E-state index contributed by atoms with van der Waals surface area (Å²) >= 11 is 6.03. The van der Waals surface area contributed by atoms with Crippen molar-refractivity contribution in [2.45, 2.75) is 52.2 Å². The van der Waals surface area contributed by atoms with Crippen LogP contribution in [-0.2, 0) is 11.3 Å². The van der Waals surface area contributed by atoms with Crippen molar-refractivity contribution in [3.8, 4) is 17.2 Å². The summed E-state index contributed by atoms with van der Waals surface area (Å²) in [5.74, 6) is 2.73. The maximum absolute atomic E-state index is 13.8. The summed E-state index contributed by atoms with van der Waals surface area (Å²) in [5, 5.41) is 1.53.